The summed E-state index contributed by atoms with van der Waals surface area (Å²) in [6.45, 7) is 3.30. The van der Waals surface area contributed by atoms with E-state index in [0.29, 0.717) is 13.1 Å². The molecule has 0 saturated heterocycles. The van der Waals surface area contributed by atoms with Gasteiger partial charge in [-0.3, -0.25) is 9.78 Å². The van der Waals surface area contributed by atoms with E-state index >= 15 is 0 Å². The van der Waals surface area contributed by atoms with E-state index in [1.807, 2.05) is 23.1 Å². The van der Waals surface area contributed by atoms with Crippen molar-refractivity contribution in [2.45, 2.75) is 45.3 Å². The Bertz CT molecular complexity index is 655. The first-order chi connectivity index (χ1) is 11.1. The fourth-order valence-electron chi connectivity index (χ4n) is 3.16. The van der Waals surface area contributed by atoms with Crippen LogP contribution in [0.3, 0.4) is 0 Å². The van der Waals surface area contributed by atoms with Crippen LogP contribution in [0, 0.1) is 12.8 Å². The highest BCUT2D eigenvalue weighted by atomic mass is 32.1. The largest absolute Gasteiger partial charge is 0.331 e. The lowest BCUT2D eigenvalue weighted by Gasteiger charge is -2.25. The third kappa shape index (κ3) is 4.18. The Morgan fingerprint density at radius 1 is 1.30 bits per heavy atom. The minimum Gasteiger partial charge on any atom is -0.331 e. The topological polar surface area (TPSA) is 59.2 Å². The number of nitrogens with two attached hydrogens (primary N) is 1. The van der Waals surface area contributed by atoms with Crippen molar-refractivity contribution in [3.63, 3.8) is 0 Å². The van der Waals surface area contributed by atoms with Gasteiger partial charge in [-0.1, -0.05) is 6.07 Å². The molecule has 3 rings (SSSR count). The lowest BCUT2D eigenvalue weighted by atomic mass is 10.1. The van der Waals surface area contributed by atoms with Crippen LogP contribution < -0.4 is 5.73 Å². The molecule has 1 aliphatic carbocycles. The Morgan fingerprint density at radius 3 is 2.78 bits per heavy atom. The highest BCUT2D eigenvalue weighted by molar-refractivity contribution is 7.11. The van der Waals surface area contributed by atoms with E-state index in [1.165, 1.54) is 9.75 Å². The molecule has 0 aliphatic heterocycles. The van der Waals surface area contributed by atoms with Crippen LogP contribution >= 0.6 is 11.3 Å². The first-order valence-corrected chi connectivity index (χ1v) is 8.93. The summed E-state index contributed by atoms with van der Waals surface area (Å²) in [7, 11) is 0. The van der Waals surface area contributed by atoms with Gasteiger partial charge in [0.15, 0.2) is 0 Å². The second-order valence-electron chi connectivity index (χ2n) is 6.30. The number of carbonyl (C=O) groups excluding carboxylic acids is 1. The molecule has 2 atom stereocenters. The maximum Gasteiger partial charge on any atom is 0.226 e. The summed E-state index contributed by atoms with van der Waals surface area (Å²) in [5.74, 6) is 0.282. The van der Waals surface area contributed by atoms with E-state index in [-0.39, 0.29) is 17.9 Å². The molecule has 122 valence electrons. The molecule has 0 aromatic carbocycles. The maximum atomic E-state index is 13.0. The number of thiophene rings is 1. The van der Waals surface area contributed by atoms with Crippen molar-refractivity contribution in [3.8, 4) is 0 Å². The van der Waals surface area contributed by atoms with E-state index in [1.54, 1.807) is 17.5 Å². The number of pyridine rings is 1. The molecule has 2 heterocycles. The second kappa shape index (κ2) is 7.23. The molecule has 0 radical (unpaired) electrons. The predicted octanol–water partition coefficient (Wildman–Crippen LogP) is 3.11. The second-order valence-corrected chi connectivity index (χ2v) is 7.67. The van der Waals surface area contributed by atoms with Gasteiger partial charge >= 0.3 is 0 Å². The first-order valence-electron chi connectivity index (χ1n) is 8.11. The van der Waals surface area contributed by atoms with Gasteiger partial charge in [-0.2, -0.15) is 0 Å². The van der Waals surface area contributed by atoms with Gasteiger partial charge in [0.2, 0.25) is 5.91 Å². The van der Waals surface area contributed by atoms with Crippen molar-refractivity contribution in [2.24, 2.45) is 11.7 Å². The van der Waals surface area contributed by atoms with Crippen LogP contribution in [0.15, 0.2) is 36.5 Å². The summed E-state index contributed by atoms with van der Waals surface area (Å²) in [6, 6.07) is 10.2. The van der Waals surface area contributed by atoms with Crippen LogP contribution in [0.5, 0.6) is 0 Å². The van der Waals surface area contributed by atoms with E-state index in [0.717, 1.165) is 25.0 Å². The Kier molecular flexibility index (Phi) is 5.08. The average Bonchev–Trinajstić information content (AvgIpc) is 3.15. The van der Waals surface area contributed by atoms with E-state index in [9.17, 15) is 4.79 Å². The fraction of sp³-hybridized carbons (Fsp3) is 0.444. The standard InChI is InChI=1S/C18H23N3OS/c1-13-5-8-17(23-13)12-21(11-16-4-2-3-9-20-16)18(22)14-6-7-15(19)10-14/h2-5,8-9,14-15H,6-7,10-12,19H2,1H3/t14-,15+/m1/s1. The summed E-state index contributed by atoms with van der Waals surface area (Å²) >= 11 is 1.75. The Balaban J connectivity index is 1.76. The predicted molar refractivity (Wildman–Crippen MR) is 92.9 cm³/mol. The van der Waals surface area contributed by atoms with Crippen LogP contribution in [0.1, 0.15) is 34.7 Å². The SMILES string of the molecule is Cc1ccc(CN(Cc2ccccn2)C(=O)[C@@H]2CC[C@H](N)C2)s1. The summed E-state index contributed by atoms with van der Waals surface area (Å²) in [6.07, 6.45) is 4.44. The molecule has 5 heteroatoms. The number of aromatic nitrogens is 1. The molecule has 1 amide bonds. The monoisotopic (exact) mass is 329 g/mol. The number of nitrogens with zero attached hydrogens (tertiary/aromatic N) is 2. The summed E-state index contributed by atoms with van der Waals surface area (Å²) < 4.78 is 0. The molecular formula is C18H23N3OS. The molecule has 0 bridgehead atoms. The molecule has 1 aliphatic rings. The normalized spacial score (nSPS) is 20.6. The average molecular weight is 329 g/mol. The van der Waals surface area contributed by atoms with Crippen molar-refractivity contribution < 1.29 is 4.79 Å². The zero-order chi connectivity index (χ0) is 16.2. The van der Waals surface area contributed by atoms with Gasteiger partial charge in [0.05, 0.1) is 18.8 Å². The van der Waals surface area contributed by atoms with Crippen LogP contribution in [0.2, 0.25) is 0 Å². The van der Waals surface area contributed by atoms with Gasteiger partial charge in [0, 0.05) is 27.9 Å². The van der Waals surface area contributed by atoms with Crippen molar-refractivity contribution in [1.82, 2.24) is 9.88 Å². The van der Waals surface area contributed by atoms with E-state index < -0.39 is 0 Å². The molecule has 1 saturated carbocycles. The molecule has 1 fully saturated rings. The van der Waals surface area contributed by atoms with Gasteiger partial charge in [0.1, 0.15) is 0 Å². The minimum absolute atomic E-state index is 0.0646. The van der Waals surface area contributed by atoms with Gasteiger partial charge in [0.25, 0.3) is 0 Å². The van der Waals surface area contributed by atoms with Gasteiger partial charge in [-0.05, 0) is 50.5 Å². The van der Waals surface area contributed by atoms with Crippen LogP contribution in [-0.2, 0) is 17.9 Å². The lowest BCUT2D eigenvalue weighted by Crippen LogP contribution is -2.35. The Hall–Kier alpha value is -1.72. The number of carbonyl (C=O) groups is 1. The first kappa shape index (κ1) is 16.1. The summed E-state index contributed by atoms with van der Waals surface area (Å²) in [5, 5.41) is 0. The van der Waals surface area contributed by atoms with Crippen molar-refractivity contribution in [1.29, 1.82) is 0 Å². The quantitative estimate of drug-likeness (QED) is 0.917. The van der Waals surface area contributed by atoms with Gasteiger partial charge < -0.3 is 10.6 Å². The van der Waals surface area contributed by atoms with E-state index in [2.05, 4.69) is 24.0 Å². The zero-order valence-electron chi connectivity index (χ0n) is 13.4. The van der Waals surface area contributed by atoms with Gasteiger partial charge in [-0.15, -0.1) is 11.3 Å². The number of hydrogen-bond acceptors (Lipinski definition) is 4. The number of amides is 1. The third-order valence-electron chi connectivity index (χ3n) is 4.36. The fourth-order valence-corrected chi connectivity index (χ4v) is 4.06. The molecule has 2 N–H and O–H groups in total. The molecule has 23 heavy (non-hydrogen) atoms. The number of rotatable bonds is 5. The Morgan fingerprint density at radius 2 is 2.17 bits per heavy atom. The van der Waals surface area contributed by atoms with Crippen LogP contribution in [-0.4, -0.2) is 21.8 Å². The Labute approximate surface area is 141 Å². The molecule has 4 nitrogen and oxygen atoms in total. The van der Waals surface area contributed by atoms with Crippen molar-refractivity contribution in [3.05, 3.63) is 52.0 Å². The molecule has 2 aromatic heterocycles. The lowest BCUT2D eigenvalue weighted by molar-refractivity contribution is -0.136. The van der Waals surface area contributed by atoms with Gasteiger partial charge in [-0.25, -0.2) is 0 Å². The van der Waals surface area contributed by atoms with E-state index in [4.69, 9.17) is 5.73 Å². The molecule has 0 unspecified atom stereocenters. The smallest absolute Gasteiger partial charge is 0.226 e. The van der Waals surface area contributed by atoms with Crippen molar-refractivity contribution in [2.75, 3.05) is 0 Å². The highest BCUT2D eigenvalue weighted by Gasteiger charge is 2.31. The number of hydrogen-bond donors (Lipinski definition) is 1. The zero-order valence-corrected chi connectivity index (χ0v) is 14.3. The third-order valence-corrected chi connectivity index (χ3v) is 5.34. The molecular weight excluding hydrogens is 306 g/mol. The summed E-state index contributed by atoms with van der Waals surface area (Å²) in [4.78, 5) is 21.8. The van der Waals surface area contributed by atoms with Crippen molar-refractivity contribution >= 4 is 17.2 Å². The maximum absolute atomic E-state index is 13.0. The molecule has 2 aromatic rings. The molecule has 0 spiro atoms. The summed E-state index contributed by atoms with van der Waals surface area (Å²) in [5.41, 5.74) is 6.92. The van der Waals surface area contributed by atoms with Crippen LogP contribution in [0.4, 0.5) is 0 Å². The highest BCUT2D eigenvalue weighted by Crippen LogP contribution is 2.28. The number of aryl methyl sites for hydroxylation is 1. The minimum atomic E-state index is 0.0646. The van der Waals surface area contributed by atoms with Crippen LogP contribution in [0.25, 0.3) is 0 Å².